The topological polar surface area (TPSA) is 96.3 Å². The molecule has 8 heteroatoms. The van der Waals surface area contributed by atoms with E-state index < -0.39 is 6.10 Å². The number of aliphatic hydroxyl groups excluding tert-OH is 1. The zero-order valence-electron chi connectivity index (χ0n) is 14.6. The van der Waals surface area contributed by atoms with E-state index >= 15 is 0 Å². The van der Waals surface area contributed by atoms with Gasteiger partial charge in [-0.25, -0.2) is 4.98 Å². The van der Waals surface area contributed by atoms with E-state index in [9.17, 15) is 5.11 Å². The molecule has 1 aromatic carbocycles. The maximum Gasteiger partial charge on any atom is 0.256 e. The summed E-state index contributed by atoms with van der Waals surface area (Å²) in [4.78, 5) is 4.35. The van der Waals surface area contributed by atoms with Crippen molar-refractivity contribution in [2.45, 2.75) is 31.5 Å². The summed E-state index contributed by atoms with van der Waals surface area (Å²) in [5.74, 6) is 1.66. The second kappa shape index (κ2) is 8.17. The first-order valence-electron chi connectivity index (χ1n) is 8.15. The third-order valence-electron chi connectivity index (χ3n) is 3.72. The van der Waals surface area contributed by atoms with Gasteiger partial charge in [0.15, 0.2) is 5.16 Å². The number of rotatable bonds is 7. The minimum atomic E-state index is -0.648. The number of aromatic nitrogens is 4. The van der Waals surface area contributed by atoms with Crippen LogP contribution in [0.25, 0.3) is 5.78 Å². The summed E-state index contributed by atoms with van der Waals surface area (Å²) in [6, 6.07) is 11.4. The monoisotopic (exact) mass is 369 g/mol. The summed E-state index contributed by atoms with van der Waals surface area (Å²) in [6.07, 6.45) is -0.274. The number of thioether (sulfide) groups is 1. The predicted octanol–water partition coefficient (Wildman–Crippen LogP) is 2.34. The van der Waals surface area contributed by atoms with Crippen LogP contribution in [-0.2, 0) is 6.42 Å². The Hall–Kier alpha value is -2.63. The molecule has 0 spiro atoms. The van der Waals surface area contributed by atoms with Crippen LogP contribution in [0.1, 0.15) is 17.0 Å². The van der Waals surface area contributed by atoms with Crippen LogP contribution in [0.4, 0.5) is 0 Å². The molecule has 0 aliphatic heterocycles. The summed E-state index contributed by atoms with van der Waals surface area (Å²) in [7, 11) is 0. The Morgan fingerprint density at radius 2 is 2.04 bits per heavy atom. The van der Waals surface area contributed by atoms with Crippen molar-refractivity contribution in [3.63, 3.8) is 0 Å². The van der Waals surface area contributed by atoms with Crippen molar-refractivity contribution in [2.24, 2.45) is 0 Å². The lowest BCUT2D eigenvalue weighted by Crippen LogP contribution is -2.20. The van der Waals surface area contributed by atoms with Crippen molar-refractivity contribution in [1.82, 2.24) is 19.6 Å². The van der Waals surface area contributed by atoms with Gasteiger partial charge in [-0.3, -0.25) is 4.40 Å². The normalized spacial score (nSPS) is 12.1. The second-order valence-corrected chi connectivity index (χ2v) is 6.90. The van der Waals surface area contributed by atoms with Crippen LogP contribution in [-0.4, -0.2) is 43.2 Å². The van der Waals surface area contributed by atoms with Crippen molar-refractivity contribution in [3.8, 4) is 11.8 Å². The number of fused-ring (bicyclic) bond motifs is 1. The molecule has 2 aromatic heterocycles. The summed E-state index contributed by atoms with van der Waals surface area (Å²) in [6.45, 7) is 4.07. The molecule has 0 radical (unpaired) electrons. The van der Waals surface area contributed by atoms with Crippen LogP contribution in [0.5, 0.6) is 5.75 Å². The molecule has 0 amide bonds. The third kappa shape index (κ3) is 4.31. The summed E-state index contributed by atoms with van der Waals surface area (Å²) in [5, 5.41) is 27.8. The predicted molar refractivity (Wildman–Crippen MR) is 98.2 cm³/mol. The molecule has 0 aliphatic carbocycles. The Bertz CT molecular complexity index is 933. The highest BCUT2D eigenvalue weighted by Gasteiger charge is 2.13. The molecule has 2 heterocycles. The molecule has 7 nitrogen and oxygen atoms in total. The summed E-state index contributed by atoms with van der Waals surface area (Å²) in [5.41, 5.74) is 2.84. The number of nitrogens with zero attached hydrogens (tertiary/aromatic N) is 5. The molecular formula is C18H19N5O2S. The quantitative estimate of drug-likeness (QED) is 0.639. The van der Waals surface area contributed by atoms with Gasteiger partial charge in [0.2, 0.25) is 0 Å². The Morgan fingerprint density at radius 1 is 1.27 bits per heavy atom. The maximum absolute atomic E-state index is 10.2. The fourth-order valence-corrected chi connectivity index (χ4v) is 3.39. The third-order valence-corrected chi connectivity index (χ3v) is 4.79. The second-order valence-electron chi connectivity index (χ2n) is 5.91. The van der Waals surface area contributed by atoms with Crippen LogP contribution >= 0.6 is 11.8 Å². The van der Waals surface area contributed by atoms with Crippen LogP contribution in [0.15, 0.2) is 35.5 Å². The van der Waals surface area contributed by atoms with Crippen molar-refractivity contribution < 1.29 is 9.84 Å². The van der Waals surface area contributed by atoms with Gasteiger partial charge in [-0.05, 0) is 37.6 Å². The number of benzene rings is 1. The molecule has 0 saturated heterocycles. The highest BCUT2D eigenvalue weighted by Crippen LogP contribution is 2.20. The van der Waals surface area contributed by atoms with Gasteiger partial charge in [0.05, 0.1) is 18.6 Å². The summed E-state index contributed by atoms with van der Waals surface area (Å²) < 4.78 is 7.47. The van der Waals surface area contributed by atoms with Crippen molar-refractivity contribution in [1.29, 1.82) is 5.26 Å². The Kier molecular flexibility index (Phi) is 5.71. The molecule has 0 unspecified atom stereocenters. The minimum absolute atomic E-state index is 0.178. The van der Waals surface area contributed by atoms with Gasteiger partial charge in [-0.1, -0.05) is 23.9 Å². The Balaban J connectivity index is 1.54. The molecule has 0 bridgehead atoms. The zero-order chi connectivity index (χ0) is 18.5. The van der Waals surface area contributed by atoms with E-state index in [1.165, 1.54) is 11.8 Å². The van der Waals surface area contributed by atoms with Crippen LogP contribution in [0.3, 0.4) is 0 Å². The largest absolute Gasteiger partial charge is 0.491 e. The highest BCUT2D eigenvalue weighted by molar-refractivity contribution is 7.99. The molecule has 26 heavy (non-hydrogen) atoms. The zero-order valence-corrected chi connectivity index (χ0v) is 15.4. The molecule has 134 valence electrons. The average molecular weight is 369 g/mol. The average Bonchev–Trinajstić information content (AvgIpc) is 3.02. The first-order valence-corrected chi connectivity index (χ1v) is 9.14. The van der Waals surface area contributed by atoms with Gasteiger partial charge in [-0.2, -0.15) is 5.26 Å². The lowest BCUT2D eigenvalue weighted by atomic mass is 10.2. The molecule has 1 N–H and O–H groups in total. The maximum atomic E-state index is 10.2. The first-order chi connectivity index (χ1) is 12.6. The minimum Gasteiger partial charge on any atom is -0.491 e. The van der Waals surface area contributed by atoms with E-state index in [1.807, 2.05) is 36.4 Å². The molecule has 1 atom stereocenters. The van der Waals surface area contributed by atoms with Crippen LogP contribution in [0.2, 0.25) is 0 Å². The number of aryl methyl sites for hydroxylation is 2. The number of nitriles is 1. The van der Waals surface area contributed by atoms with E-state index in [-0.39, 0.29) is 6.61 Å². The van der Waals surface area contributed by atoms with E-state index in [0.29, 0.717) is 28.9 Å². The lowest BCUT2D eigenvalue weighted by Gasteiger charge is -2.12. The standard InChI is InChI=1S/C18H19N5O2S/c1-12-9-13(2)23-17(20-12)21-22-18(23)26-11-15(24)10-25-16-5-3-14(4-6-16)7-8-19/h3-6,9,15,24H,7,10-11H2,1-2H3/t15-/m0/s1. The van der Waals surface area contributed by atoms with E-state index in [4.69, 9.17) is 10.00 Å². The number of aliphatic hydroxyl groups is 1. The van der Waals surface area contributed by atoms with Crippen molar-refractivity contribution in [2.75, 3.05) is 12.4 Å². The lowest BCUT2D eigenvalue weighted by molar-refractivity contribution is 0.126. The highest BCUT2D eigenvalue weighted by atomic mass is 32.2. The van der Waals surface area contributed by atoms with E-state index in [1.54, 1.807) is 12.1 Å². The molecule has 0 saturated carbocycles. The molecule has 0 aliphatic rings. The molecule has 3 aromatic rings. The van der Waals surface area contributed by atoms with E-state index in [2.05, 4.69) is 21.3 Å². The molecular weight excluding hydrogens is 350 g/mol. The van der Waals surface area contributed by atoms with E-state index in [0.717, 1.165) is 17.0 Å². The van der Waals surface area contributed by atoms with Gasteiger partial charge in [0.1, 0.15) is 12.4 Å². The smallest absolute Gasteiger partial charge is 0.256 e. The number of hydrogen-bond donors (Lipinski definition) is 1. The van der Waals surface area contributed by atoms with Crippen LogP contribution in [0, 0.1) is 25.2 Å². The van der Waals surface area contributed by atoms with Crippen molar-refractivity contribution >= 4 is 17.5 Å². The number of ether oxygens (including phenoxy) is 1. The van der Waals surface area contributed by atoms with Gasteiger partial charge in [-0.15, -0.1) is 10.2 Å². The van der Waals surface area contributed by atoms with Crippen LogP contribution < -0.4 is 4.74 Å². The first kappa shape index (κ1) is 18.2. The molecule has 3 rings (SSSR count). The van der Waals surface area contributed by atoms with Crippen molar-refractivity contribution in [3.05, 3.63) is 47.3 Å². The Morgan fingerprint density at radius 3 is 2.77 bits per heavy atom. The van der Waals surface area contributed by atoms with Gasteiger partial charge >= 0.3 is 0 Å². The Labute approximate surface area is 155 Å². The molecule has 0 fully saturated rings. The van der Waals surface area contributed by atoms with Gasteiger partial charge < -0.3 is 9.84 Å². The summed E-state index contributed by atoms with van der Waals surface area (Å²) >= 11 is 1.41. The van der Waals surface area contributed by atoms with Gasteiger partial charge in [0.25, 0.3) is 5.78 Å². The SMILES string of the molecule is Cc1cc(C)n2c(SC[C@@H](O)COc3ccc(CC#N)cc3)nnc2n1. The fraction of sp³-hybridized carbons (Fsp3) is 0.333. The number of hydrogen-bond acceptors (Lipinski definition) is 7. The fourth-order valence-electron chi connectivity index (χ4n) is 2.50. The van der Waals surface area contributed by atoms with Gasteiger partial charge in [0, 0.05) is 17.1 Å².